The number of amides is 1. The van der Waals surface area contributed by atoms with Gasteiger partial charge in [-0.25, -0.2) is 0 Å². The number of nitrogens with one attached hydrogen (secondary N) is 1. The predicted molar refractivity (Wildman–Crippen MR) is 261 cm³/mol. The molecule has 2 N–H and O–H groups in total. The Morgan fingerprint density at radius 3 is 1.28 bits per heavy atom. The minimum atomic E-state index is -4.57. The topological polar surface area (TPSA) is 108 Å². The highest BCUT2D eigenvalue weighted by Gasteiger charge is 2.24. The number of allylic oxidation sites excluding steroid dienone is 2. The zero-order valence-corrected chi connectivity index (χ0v) is 42.3. The summed E-state index contributed by atoms with van der Waals surface area (Å²) in [6.07, 6.45) is 52.3. The van der Waals surface area contributed by atoms with Gasteiger partial charge in [-0.05, 0) is 38.5 Å². The van der Waals surface area contributed by atoms with E-state index in [2.05, 4.69) is 31.3 Å². The summed E-state index contributed by atoms with van der Waals surface area (Å²) in [6.45, 7) is 4.75. The molecule has 0 fully saturated rings. The van der Waals surface area contributed by atoms with Crippen LogP contribution in [0, 0.1) is 0 Å². The molecule has 0 saturated carbocycles. The molecular weight excluding hydrogens is 780 g/mol. The molecule has 0 saturated heterocycles. The first-order chi connectivity index (χ1) is 29.5. The summed E-state index contributed by atoms with van der Waals surface area (Å²) in [5.41, 5.74) is 0. The molecule has 0 heterocycles. The van der Waals surface area contributed by atoms with Crippen molar-refractivity contribution in [2.75, 3.05) is 40.9 Å². The van der Waals surface area contributed by atoms with E-state index in [1.165, 1.54) is 199 Å². The van der Waals surface area contributed by atoms with Gasteiger partial charge >= 0.3 is 0 Å². The Morgan fingerprint density at radius 1 is 0.557 bits per heavy atom. The van der Waals surface area contributed by atoms with Crippen molar-refractivity contribution in [1.29, 1.82) is 0 Å². The molecule has 8 nitrogen and oxygen atoms in total. The average Bonchev–Trinajstić information content (AvgIpc) is 3.21. The molecule has 0 aliphatic carbocycles. The van der Waals surface area contributed by atoms with Crippen LogP contribution in [0.25, 0.3) is 0 Å². The van der Waals surface area contributed by atoms with E-state index in [1.807, 2.05) is 21.1 Å². The third-order valence-electron chi connectivity index (χ3n) is 12.3. The lowest BCUT2D eigenvalue weighted by molar-refractivity contribution is -0.870. The number of carbonyl (C=O) groups excluding carboxylic acids is 1. The Labute approximate surface area is 380 Å². The lowest BCUT2D eigenvalue weighted by Gasteiger charge is -2.30. The second-order valence-corrected chi connectivity index (χ2v) is 21.0. The molecule has 364 valence electrons. The van der Waals surface area contributed by atoms with Gasteiger partial charge in [-0.1, -0.05) is 231 Å². The zero-order valence-electron chi connectivity index (χ0n) is 41.4. The van der Waals surface area contributed by atoms with Crippen molar-refractivity contribution in [3.8, 4) is 0 Å². The molecule has 3 unspecified atom stereocenters. The van der Waals surface area contributed by atoms with Crippen molar-refractivity contribution < 1.29 is 32.9 Å². The van der Waals surface area contributed by atoms with Gasteiger partial charge in [0.2, 0.25) is 5.91 Å². The highest BCUT2D eigenvalue weighted by atomic mass is 31.2. The van der Waals surface area contributed by atoms with E-state index in [0.29, 0.717) is 23.9 Å². The number of hydrogen-bond donors (Lipinski definition) is 2. The molecule has 0 radical (unpaired) electrons. The average molecular weight is 885 g/mol. The van der Waals surface area contributed by atoms with E-state index < -0.39 is 20.0 Å². The summed E-state index contributed by atoms with van der Waals surface area (Å²) in [4.78, 5) is 25.4. The largest absolute Gasteiger partial charge is 0.756 e. The van der Waals surface area contributed by atoms with Crippen LogP contribution in [0.4, 0.5) is 0 Å². The van der Waals surface area contributed by atoms with Gasteiger partial charge in [-0.3, -0.25) is 9.36 Å². The first kappa shape index (κ1) is 60.2. The van der Waals surface area contributed by atoms with E-state index >= 15 is 0 Å². The van der Waals surface area contributed by atoms with E-state index in [-0.39, 0.29) is 19.1 Å². The third kappa shape index (κ3) is 47.0. The molecule has 3 atom stereocenters. The van der Waals surface area contributed by atoms with Crippen LogP contribution in [-0.4, -0.2) is 68.5 Å². The Bertz CT molecular complexity index is 1000. The minimum Gasteiger partial charge on any atom is -0.756 e. The molecule has 0 rings (SSSR count). The maximum Gasteiger partial charge on any atom is 0.268 e. The van der Waals surface area contributed by atoms with E-state index in [4.69, 9.17) is 9.05 Å². The van der Waals surface area contributed by atoms with Crippen molar-refractivity contribution in [1.82, 2.24) is 5.32 Å². The van der Waals surface area contributed by atoms with Crippen LogP contribution in [0.5, 0.6) is 0 Å². The number of rotatable bonds is 49. The van der Waals surface area contributed by atoms with Crippen LogP contribution in [-0.2, 0) is 18.4 Å². The Balaban J connectivity index is 4.18. The quantitative estimate of drug-likeness (QED) is 0.0273. The van der Waals surface area contributed by atoms with Gasteiger partial charge < -0.3 is 28.8 Å². The fourth-order valence-corrected chi connectivity index (χ4v) is 8.76. The molecule has 0 bridgehead atoms. The van der Waals surface area contributed by atoms with Gasteiger partial charge in [0.05, 0.1) is 39.9 Å². The van der Waals surface area contributed by atoms with Crippen LogP contribution in [0.1, 0.15) is 264 Å². The molecule has 9 heteroatoms. The van der Waals surface area contributed by atoms with E-state index in [0.717, 1.165) is 38.5 Å². The van der Waals surface area contributed by atoms with Crippen molar-refractivity contribution in [2.45, 2.75) is 276 Å². The number of hydrogen-bond acceptors (Lipinski definition) is 6. The van der Waals surface area contributed by atoms with Gasteiger partial charge in [0.15, 0.2) is 0 Å². The van der Waals surface area contributed by atoms with Gasteiger partial charge in [-0.15, -0.1) is 0 Å². The van der Waals surface area contributed by atoms with Crippen molar-refractivity contribution in [2.24, 2.45) is 0 Å². The number of likely N-dealkylation sites (N-methyl/N-ethyl adjacent to an activating group) is 1. The van der Waals surface area contributed by atoms with Crippen LogP contribution >= 0.6 is 7.82 Å². The monoisotopic (exact) mass is 885 g/mol. The van der Waals surface area contributed by atoms with E-state index in [1.54, 1.807) is 0 Å². The van der Waals surface area contributed by atoms with Crippen molar-refractivity contribution in [3.63, 3.8) is 0 Å². The number of phosphoric ester groups is 1. The predicted octanol–water partition coefficient (Wildman–Crippen LogP) is 14.8. The summed E-state index contributed by atoms with van der Waals surface area (Å²) in [5.74, 6) is -0.164. The Kier molecular flexibility index (Phi) is 43.9. The summed E-state index contributed by atoms with van der Waals surface area (Å²) in [7, 11) is 1.31. The van der Waals surface area contributed by atoms with Gasteiger partial charge in [-0.2, -0.15) is 0 Å². The number of aliphatic hydroxyl groups is 1. The zero-order chi connectivity index (χ0) is 45.0. The number of carbonyl (C=O) groups is 1. The van der Waals surface area contributed by atoms with Gasteiger partial charge in [0, 0.05) is 6.42 Å². The summed E-state index contributed by atoms with van der Waals surface area (Å²) in [6, 6.07) is -0.798. The fourth-order valence-electron chi connectivity index (χ4n) is 8.04. The summed E-state index contributed by atoms with van der Waals surface area (Å²) >= 11 is 0. The Morgan fingerprint density at radius 2 is 0.902 bits per heavy atom. The maximum absolute atomic E-state index is 12.9. The molecule has 0 aliphatic rings. The molecular formula is C52H105N2O6P. The fraction of sp³-hybridized carbons (Fsp3) is 0.942. The van der Waals surface area contributed by atoms with Gasteiger partial charge in [0.25, 0.3) is 7.82 Å². The number of phosphoric acid groups is 1. The van der Waals surface area contributed by atoms with Crippen LogP contribution < -0.4 is 10.2 Å². The summed E-state index contributed by atoms with van der Waals surface area (Å²) in [5, 5.41) is 14.0. The SMILES string of the molecule is CCCCCCCCCCCCCC/C=C\CCCCCCCCCCC(=O)NC(COP(=O)([O-])OCC[N+](C)(C)C)C(O)CCCCCCCCCCCCCCCCC. The number of quaternary nitrogens is 1. The van der Waals surface area contributed by atoms with Gasteiger partial charge in [0.1, 0.15) is 13.2 Å². The second-order valence-electron chi connectivity index (χ2n) is 19.6. The minimum absolute atomic E-state index is 0.0138. The highest BCUT2D eigenvalue weighted by molar-refractivity contribution is 7.45. The molecule has 0 aromatic carbocycles. The molecule has 0 aromatic rings. The van der Waals surface area contributed by atoms with Crippen LogP contribution in [0.2, 0.25) is 0 Å². The molecule has 1 amide bonds. The maximum atomic E-state index is 12.9. The molecule has 61 heavy (non-hydrogen) atoms. The lowest BCUT2D eigenvalue weighted by Crippen LogP contribution is -2.46. The molecule has 0 aliphatic heterocycles. The lowest BCUT2D eigenvalue weighted by atomic mass is 10.0. The van der Waals surface area contributed by atoms with Crippen LogP contribution in [0.3, 0.4) is 0 Å². The second kappa shape index (κ2) is 44.4. The summed E-state index contributed by atoms with van der Waals surface area (Å²) < 4.78 is 23.4. The number of unbranched alkanes of at least 4 members (excludes halogenated alkanes) is 34. The number of nitrogens with zero attached hydrogens (tertiary/aromatic N) is 1. The van der Waals surface area contributed by atoms with Crippen molar-refractivity contribution >= 4 is 13.7 Å². The third-order valence-corrected chi connectivity index (χ3v) is 13.2. The van der Waals surface area contributed by atoms with Crippen molar-refractivity contribution in [3.05, 3.63) is 12.2 Å². The van der Waals surface area contributed by atoms with Crippen LogP contribution in [0.15, 0.2) is 12.2 Å². The smallest absolute Gasteiger partial charge is 0.268 e. The standard InChI is InChI=1S/C52H105N2O6P/c1-6-8-10-12-14-16-18-20-22-23-24-25-26-27-28-29-30-32-34-36-38-40-42-44-46-52(56)53-50(49-60-61(57,58)59-48-47-54(3,4)5)51(55)45-43-41-39-37-35-33-31-21-19-17-15-13-11-9-7-2/h27-28,50-51,55H,6-26,29-49H2,1-5H3,(H-,53,56,57,58)/b28-27-. The normalized spacial score (nSPS) is 14.1. The first-order valence-corrected chi connectivity index (χ1v) is 28.0. The Hall–Kier alpha value is -0.760. The first-order valence-electron chi connectivity index (χ1n) is 26.5. The highest BCUT2D eigenvalue weighted by Crippen LogP contribution is 2.38. The molecule has 0 aromatic heterocycles. The van der Waals surface area contributed by atoms with E-state index in [9.17, 15) is 19.4 Å². The number of aliphatic hydroxyl groups excluding tert-OH is 1. The molecule has 0 spiro atoms.